The molecule has 0 aromatic rings. The highest BCUT2D eigenvalue weighted by Crippen LogP contribution is 2.08. The van der Waals surface area contributed by atoms with Crippen molar-refractivity contribution in [3.63, 3.8) is 0 Å². The summed E-state index contributed by atoms with van der Waals surface area (Å²) < 4.78 is 0. The summed E-state index contributed by atoms with van der Waals surface area (Å²) in [7, 11) is 0. The van der Waals surface area contributed by atoms with Crippen LogP contribution in [0.5, 0.6) is 0 Å². The molecule has 0 spiro atoms. The number of aliphatic carboxylic acids is 2. The Balaban J connectivity index is 4.92. The Hall–Kier alpha value is -1.58. The first-order valence-electron chi connectivity index (χ1n) is 3.68. The van der Waals surface area contributed by atoms with E-state index in [1.165, 1.54) is 19.9 Å². The standard InChI is InChI=1S/C9H12O4/c1-5(7(3)9(12)13)4-6(2)8(10)11/h4H,1-3H3,(H,10,11)(H,12,13). The molecule has 4 nitrogen and oxygen atoms in total. The minimum Gasteiger partial charge on any atom is -0.478 e. The highest BCUT2D eigenvalue weighted by atomic mass is 16.4. The van der Waals surface area contributed by atoms with E-state index in [0.717, 1.165) is 0 Å². The Morgan fingerprint density at radius 1 is 1.00 bits per heavy atom. The third-order valence-corrected chi connectivity index (χ3v) is 1.68. The summed E-state index contributed by atoms with van der Waals surface area (Å²) in [4.78, 5) is 20.8. The summed E-state index contributed by atoms with van der Waals surface area (Å²) in [5, 5.41) is 17.1. The van der Waals surface area contributed by atoms with Crippen LogP contribution in [0, 0.1) is 0 Å². The topological polar surface area (TPSA) is 74.6 Å². The van der Waals surface area contributed by atoms with Gasteiger partial charge in [-0.25, -0.2) is 9.59 Å². The maximum absolute atomic E-state index is 10.5. The minimum atomic E-state index is -1.04. The molecule has 72 valence electrons. The van der Waals surface area contributed by atoms with Crippen LogP contribution < -0.4 is 0 Å². The van der Waals surface area contributed by atoms with Gasteiger partial charge in [0.15, 0.2) is 0 Å². The van der Waals surface area contributed by atoms with Crippen molar-refractivity contribution < 1.29 is 19.8 Å². The number of carboxylic acid groups (broad SMARTS) is 2. The van der Waals surface area contributed by atoms with Crippen LogP contribution in [-0.2, 0) is 9.59 Å². The molecule has 0 unspecified atom stereocenters. The summed E-state index contributed by atoms with van der Waals surface area (Å²) in [6.45, 7) is 4.42. The lowest BCUT2D eigenvalue weighted by Crippen LogP contribution is -2.01. The fraction of sp³-hybridized carbons (Fsp3) is 0.333. The van der Waals surface area contributed by atoms with Gasteiger partial charge in [0, 0.05) is 11.1 Å². The number of hydrogen-bond acceptors (Lipinski definition) is 2. The van der Waals surface area contributed by atoms with Crippen molar-refractivity contribution in [1.82, 2.24) is 0 Å². The summed E-state index contributed by atoms with van der Waals surface area (Å²) in [5.41, 5.74) is 0.728. The summed E-state index contributed by atoms with van der Waals surface area (Å²) in [6, 6.07) is 0. The van der Waals surface area contributed by atoms with E-state index in [2.05, 4.69) is 0 Å². The fourth-order valence-electron chi connectivity index (χ4n) is 0.663. The average Bonchev–Trinajstić information content (AvgIpc) is 2.02. The van der Waals surface area contributed by atoms with E-state index in [4.69, 9.17) is 10.2 Å². The van der Waals surface area contributed by atoms with Crippen molar-refractivity contribution in [3.05, 3.63) is 22.8 Å². The zero-order valence-electron chi connectivity index (χ0n) is 7.79. The molecule has 0 saturated carbocycles. The van der Waals surface area contributed by atoms with Crippen LogP contribution in [0.4, 0.5) is 0 Å². The van der Waals surface area contributed by atoms with E-state index >= 15 is 0 Å². The molecule has 0 saturated heterocycles. The summed E-state index contributed by atoms with van der Waals surface area (Å²) in [6.07, 6.45) is 1.34. The maximum atomic E-state index is 10.5. The minimum absolute atomic E-state index is 0.123. The van der Waals surface area contributed by atoms with Crippen molar-refractivity contribution in [2.45, 2.75) is 20.8 Å². The molecule has 0 aliphatic carbocycles. The average molecular weight is 184 g/mol. The first kappa shape index (κ1) is 11.4. The first-order valence-corrected chi connectivity index (χ1v) is 3.68. The first-order chi connectivity index (χ1) is 5.86. The molecule has 0 amide bonds. The molecule has 0 fully saturated rings. The zero-order valence-corrected chi connectivity index (χ0v) is 7.79. The number of carboxylic acids is 2. The highest BCUT2D eigenvalue weighted by molar-refractivity contribution is 5.89. The van der Waals surface area contributed by atoms with Crippen LogP contribution >= 0.6 is 0 Å². The van der Waals surface area contributed by atoms with Crippen LogP contribution in [0.2, 0.25) is 0 Å². The van der Waals surface area contributed by atoms with Gasteiger partial charge in [0.1, 0.15) is 0 Å². The molecule has 4 heteroatoms. The molecule has 0 rings (SSSR count). The normalized spacial score (nSPS) is 13.6. The predicted molar refractivity (Wildman–Crippen MR) is 47.4 cm³/mol. The van der Waals surface area contributed by atoms with E-state index in [-0.39, 0.29) is 11.1 Å². The van der Waals surface area contributed by atoms with E-state index in [1.54, 1.807) is 6.92 Å². The van der Waals surface area contributed by atoms with Gasteiger partial charge in [0.05, 0.1) is 0 Å². The second-order valence-corrected chi connectivity index (χ2v) is 2.75. The van der Waals surface area contributed by atoms with Gasteiger partial charge in [0.2, 0.25) is 0 Å². The second kappa shape index (κ2) is 4.45. The van der Waals surface area contributed by atoms with Crippen molar-refractivity contribution in [2.75, 3.05) is 0 Å². The van der Waals surface area contributed by atoms with Crippen LogP contribution in [0.15, 0.2) is 22.8 Å². The van der Waals surface area contributed by atoms with Gasteiger partial charge in [0.25, 0.3) is 0 Å². The molecule has 2 N–H and O–H groups in total. The van der Waals surface area contributed by atoms with Gasteiger partial charge < -0.3 is 10.2 Å². The fourth-order valence-corrected chi connectivity index (χ4v) is 0.663. The second-order valence-electron chi connectivity index (χ2n) is 2.75. The number of hydrogen-bond donors (Lipinski definition) is 2. The SMILES string of the molecule is CC(=CC(C)=C(C)C(=O)O)C(=O)O. The van der Waals surface area contributed by atoms with Crippen molar-refractivity contribution >= 4 is 11.9 Å². The molecule has 0 atom stereocenters. The van der Waals surface area contributed by atoms with Crippen molar-refractivity contribution in [3.8, 4) is 0 Å². The predicted octanol–water partition coefficient (Wildman–Crippen LogP) is 1.44. The quantitative estimate of drug-likeness (QED) is 0.514. The van der Waals surface area contributed by atoms with Crippen molar-refractivity contribution in [1.29, 1.82) is 0 Å². The summed E-state index contributed by atoms with van der Waals surface area (Å²) >= 11 is 0. The monoisotopic (exact) mass is 184 g/mol. The Bertz CT molecular complexity index is 297. The van der Waals surface area contributed by atoms with Gasteiger partial charge >= 0.3 is 11.9 Å². The zero-order chi connectivity index (χ0) is 10.6. The number of carbonyl (C=O) groups is 2. The Kier molecular flexibility index (Phi) is 3.91. The molecule has 0 aliphatic rings. The van der Waals surface area contributed by atoms with Gasteiger partial charge in [-0.15, -0.1) is 0 Å². The Morgan fingerprint density at radius 3 is 1.77 bits per heavy atom. The molecular formula is C9H12O4. The third kappa shape index (κ3) is 3.55. The Morgan fingerprint density at radius 2 is 1.46 bits per heavy atom. The van der Waals surface area contributed by atoms with Crippen LogP contribution in [0.1, 0.15) is 20.8 Å². The van der Waals surface area contributed by atoms with Crippen LogP contribution in [0.3, 0.4) is 0 Å². The van der Waals surface area contributed by atoms with E-state index in [9.17, 15) is 9.59 Å². The van der Waals surface area contributed by atoms with Gasteiger partial charge in [-0.3, -0.25) is 0 Å². The largest absolute Gasteiger partial charge is 0.478 e. The molecule has 13 heavy (non-hydrogen) atoms. The van der Waals surface area contributed by atoms with E-state index < -0.39 is 11.9 Å². The lowest BCUT2D eigenvalue weighted by Gasteiger charge is -1.98. The van der Waals surface area contributed by atoms with E-state index in [0.29, 0.717) is 5.57 Å². The molecule has 0 aliphatic heterocycles. The van der Waals surface area contributed by atoms with E-state index in [1.807, 2.05) is 0 Å². The number of allylic oxidation sites excluding steroid dienone is 2. The van der Waals surface area contributed by atoms with Gasteiger partial charge in [-0.1, -0.05) is 0 Å². The van der Waals surface area contributed by atoms with Crippen LogP contribution in [0.25, 0.3) is 0 Å². The van der Waals surface area contributed by atoms with Crippen molar-refractivity contribution in [2.24, 2.45) is 0 Å². The smallest absolute Gasteiger partial charge is 0.331 e. The molecule has 0 aromatic heterocycles. The van der Waals surface area contributed by atoms with Crippen LogP contribution in [-0.4, -0.2) is 22.2 Å². The maximum Gasteiger partial charge on any atom is 0.331 e. The lowest BCUT2D eigenvalue weighted by molar-refractivity contribution is -0.133. The van der Waals surface area contributed by atoms with Gasteiger partial charge in [-0.05, 0) is 32.4 Å². The third-order valence-electron chi connectivity index (χ3n) is 1.68. The van der Waals surface area contributed by atoms with Gasteiger partial charge in [-0.2, -0.15) is 0 Å². The molecule has 0 radical (unpaired) electrons. The highest BCUT2D eigenvalue weighted by Gasteiger charge is 2.05. The molecular weight excluding hydrogens is 172 g/mol. The summed E-state index contributed by atoms with van der Waals surface area (Å²) in [5.74, 6) is -2.08. The Labute approximate surface area is 76.2 Å². The molecule has 0 aromatic carbocycles. The lowest BCUT2D eigenvalue weighted by atomic mass is 10.1. The molecule has 0 bridgehead atoms. The molecule has 0 heterocycles. The number of rotatable bonds is 3.